The van der Waals surface area contributed by atoms with Gasteiger partial charge in [-0.3, -0.25) is 4.90 Å². The molecule has 1 fully saturated rings. The first-order valence-corrected chi connectivity index (χ1v) is 8.28. The van der Waals surface area contributed by atoms with Gasteiger partial charge in [0.15, 0.2) is 0 Å². The second kappa shape index (κ2) is 6.63. The number of hydrogen-bond donors (Lipinski definition) is 0. The Morgan fingerprint density at radius 2 is 1.71 bits per heavy atom. The fraction of sp³-hybridized carbons (Fsp3) is 0.333. The summed E-state index contributed by atoms with van der Waals surface area (Å²) in [5.74, 6) is 0. The summed E-state index contributed by atoms with van der Waals surface area (Å²) in [4.78, 5) is 5.03. The molecule has 2 aromatic rings. The molecule has 110 valence electrons. The van der Waals surface area contributed by atoms with Crippen LogP contribution in [0, 0.1) is 6.92 Å². The highest BCUT2D eigenvalue weighted by atomic mass is 79.9. The molecule has 0 aliphatic carbocycles. The number of benzene rings is 2. The summed E-state index contributed by atoms with van der Waals surface area (Å²) in [6.07, 6.45) is 0. The van der Waals surface area contributed by atoms with Gasteiger partial charge < -0.3 is 4.90 Å². The highest BCUT2D eigenvalue weighted by Gasteiger charge is 2.17. The zero-order chi connectivity index (χ0) is 14.7. The second-order valence-corrected chi connectivity index (χ2v) is 6.65. The van der Waals surface area contributed by atoms with Crippen LogP contribution in [0.3, 0.4) is 0 Å². The lowest BCUT2D eigenvalue weighted by Gasteiger charge is -2.36. The van der Waals surface area contributed by atoms with Crippen LogP contribution in [0.15, 0.2) is 53.0 Å². The predicted molar refractivity (Wildman–Crippen MR) is 92.8 cm³/mol. The molecule has 1 saturated heterocycles. The van der Waals surface area contributed by atoms with Gasteiger partial charge in [0, 0.05) is 42.9 Å². The van der Waals surface area contributed by atoms with Crippen LogP contribution in [-0.4, -0.2) is 31.1 Å². The van der Waals surface area contributed by atoms with Gasteiger partial charge in [0.2, 0.25) is 0 Å². The molecule has 0 atom stereocenters. The van der Waals surface area contributed by atoms with Gasteiger partial charge in [0.1, 0.15) is 0 Å². The summed E-state index contributed by atoms with van der Waals surface area (Å²) in [6.45, 7) is 7.67. The standard InChI is InChI=1S/C18H21BrN2/c1-15-4-2-7-18(12-15)21-10-8-20(9-11-21)14-16-5-3-6-17(19)13-16/h2-7,12-13H,8-11,14H2,1H3. The smallest absolute Gasteiger partial charge is 0.0369 e. The third-order valence-corrected chi connectivity index (χ3v) is 4.53. The zero-order valence-electron chi connectivity index (χ0n) is 12.4. The third kappa shape index (κ3) is 3.86. The van der Waals surface area contributed by atoms with Gasteiger partial charge >= 0.3 is 0 Å². The van der Waals surface area contributed by atoms with Crippen LogP contribution in [0.1, 0.15) is 11.1 Å². The highest BCUT2D eigenvalue weighted by Crippen LogP contribution is 2.19. The second-order valence-electron chi connectivity index (χ2n) is 5.73. The average Bonchev–Trinajstić information content (AvgIpc) is 2.48. The van der Waals surface area contributed by atoms with E-state index in [9.17, 15) is 0 Å². The molecule has 0 aromatic heterocycles. The monoisotopic (exact) mass is 344 g/mol. The molecular formula is C18H21BrN2. The number of hydrogen-bond acceptors (Lipinski definition) is 2. The number of anilines is 1. The molecule has 21 heavy (non-hydrogen) atoms. The zero-order valence-corrected chi connectivity index (χ0v) is 14.0. The molecule has 0 amide bonds. The molecule has 0 N–H and O–H groups in total. The van der Waals surface area contributed by atoms with E-state index >= 15 is 0 Å². The minimum Gasteiger partial charge on any atom is -0.369 e. The molecule has 0 bridgehead atoms. The molecule has 1 heterocycles. The Morgan fingerprint density at radius 3 is 2.43 bits per heavy atom. The van der Waals surface area contributed by atoms with Gasteiger partial charge in [-0.05, 0) is 42.3 Å². The van der Waals surface area contributed by atoms with Crippen molar-refractivity contribution in [3.63, 3.8) is 0 Å². The van der Waals surface area contributed by atoms with E-state index in [0.717, 1.165) is 32.7 Å². The SMILES string of the molecule is Cc1cccc(N2CCN(Cc3cccc(Br)c3)CC2)c1. The Morgan fingerprint density at radius 1 is 0.952 bits per heavy atom. The Kier molecular flexibility index (Phi) is 4.61. The van der Waals surface area contributed by atoms with Crippen molar-refractivity contribution in [2.75, 3.05) is 31.1 Å². The maximum Gasteiger partial charge on any atom is 0.0369 e. The van der Waals surface area contributed by atoms with Crippen molar-refractivity contribution in [1.29, 1.82) is 0 Å². The maximum absolute atomic E-state index is 3.55. The van der Waals surface area contributed by atoms with Crippen molar-refractivity contribution in [2.45, 2.75) is 13.5 Å². The lowest BCUT2D eigenvalue weighted by Crippen LogP contribution is -2.45. The van der Waals surface area contributed by atoms with E-state index in [2.05, 4.69) is 81.2 Å². The minimum absolute atomic E-state index is 1.04. The van der Waals surface area contributed by atoms with Crippen LogP contribution in [-0.2, 0) is 6.54 Å². The van der Waals surface area contributed by atoms with Gasteiger partial charge in [-0.25, -0.2) is 0 Å². The fourth-order valence-corrected chi connectivity index (χ4v) is 3.33. The summed E-state index contributed by atoms with van der Waals surface area (Å²) in [5, 5.41) is 0. The topological polar surface area (TPSA) is 6.48 Å². The molecule has 3 heteroatoms. The van der Waals surface area contributed by atoms with Gasteiger partial charge in [-0.15, -0.1) is 0 Å². The molecule has 0 radical (unpaired) electrons. The van der Waals surface area contributed by atoms with E-state index in [-0.39, 0.29) is 0 Å². The first-order valence-electron chi connectivity index (χ1n) is 7.49. The fourth-order valence-electron chi connectivity index (χ4n) is 2.88. The van der Waals surface area contributed by atoms with Crippen LogP contribution < -0.4 is 4.90 Å². The van der Waals surface area contributed by atoms with Gasteiger partial charge in [-0.1, -0.05) is 40.2 Å². The van der Waals surface area contributed by atoms with Crippen LogP contribution >= 0.6 is 15.9 Å². The quantitative estimate of drug-likeness (QED) is 0.827. The molecular weight excluding hydrogens is 324 g/mol. The molecule has 0 unspecified atom stereocenters. The molecule has 0 spiro atoms. The highest BCUT2D eigenvalue weighted by molar-refractivity contribution is 9.10. The first kappa shape index (κ1) is 14.6. The largest absolute Gasteiger partial charge is 0.369 e. The van der Waals surface area contributed by atoms with E-state index in [4.69, 9.17) is 0 Å². The van der Waals surface area contributed by atoms with Gasteiger partial charge in [0.25, 0.3) is 0 Å². The molecule has 1 aliphatic rings. The summed E-state index contributed by atoms with van der Waals surface area (Å²) in [5.41, 5.74) is 4.08. The first-order chi connectivity index (χ1) is 10.2. The lowest BCUT2D eigenvalue weighted by molar-refractivity contribution is 0.250. The van der Waals surface area contributed by atoms with Crippen molar-refractivity contribution in [3.05, 3.63) is 64.1 Å². The maximum atomic E-state index is 3.55. The van der Waals surface area contributed by atoms with Crippen LogP contribution in [0.4, 0.5) is 5.69 Å². The van der Waals surface area contributed by atoms with Crippen molar-refractivity contribution in [3.8, 4) is 0 Å². The Bertz CT molecular complexity index is 604. The molecule has 0 saturated carbocycles. The molecule has 3 rings (SSSR count). The van der Waals surface area contributed by atoms with E-state index in [1.165, 1.54) is 21.3 Å². The number of aryl methyl sites for hydroxylation is 1. The number of halogens is 1. The molecule has 1 aliphatic heterocycles. The Labute approximate surface area is 135 Å². The Balaban J connectivity index is 1.58. The van der Waals surface area contributed by atoms with Crippen molar-refractivity contribution in [1.82, 2.24) is 4.90 Å². The van der Waals surface area contributed by atoms with Crippen LogP contribution in [0.25, 0.3) is 0 Å². The number of rotatable bonds is 3. The van der Waals surface area contributed by atoms with E-state index < -0.39 is 0 Å². The molecule has 2 aromatic carbocycles. The summed E-state index contributed by atoms with van der Waals surface area (Å²) < 4.78 is 1.17. The Hall–Kier alpha value is -1.32. The van der Waals surface area contributed by atoms with Crippen molar-refractivity contribution in [2.24, 2.45) is 0 Å². The lowest BCUT2D eigenvalue weighted by atomic mass is 10.1. The van der Waals surface area contributed by atoms with Crippen molar-refractivity contribution >= 4 is 21.6 Å². The van der Waals surface area contributed by atoms with E-state index in [1.807, 2.05) is 0 Å². The van der Waals surface area contributed by atoms with E-state index in [1.54, 1.807) is 0 Å². The minimum atomic E-state index is 1.04. The van der Waals surface area contributed by atoms with Crippen LogP contribution in [0.2, 0.25) is 0 Å². The van der Waals surface area contributed by atoms with Crippen LogP contribution in [0.5, 0.6) is 0 Å². The van der Waals surface area contributed by atoms with Crippen molar-refractivity contribution < 1.29 is 0 Å². The van der Waals surface area contributed by atoms with Gasteiger partial charge in [0.05, 0.1) is 0 Å². The summed E-state index contributed by atoms with van der Waals surface area (Å²) in [7, 11) is 0. The van der Waals surface area contributed by atoms with Gasteiger partial charge in [-0.2, -0.15) is 0 Å². The summed E-state index contributed by atoms with van der Waals surface area (Å²) in [6, 6.07) is 17.4. The predicted octanol–water partition coefficient (Wildman–Crippen LogP) is 4.08. The van der Waals surface area contributed by atoms with E-state index in [0.29, 0.717) is 0 Å². The molecule has 2 nitrogen and oxygen atoms in total. The third-order valence-electron chi connectivity index (χ3n) is 4.03. The summed E-state index contributed by atoms with van der Waals surface area (Å²) >= 11 is 3.55. The average molecular weight is 345 g/mol. The number of nitrogens with zero attached hydrogens (tertiary/aromatic N) is 2. The normalized spacial score (nSPS) is 16.2. The number of piperazine rings is 1.